The van der Waals surface area contributed by atoms with Crippen molar-refractivity contribution in [2.24, 2.45) is 0 Å². The minimum absolute atomic E-state index is 0.120. The highest BCUT2D eigenvalue weighted by molar-refractivity contribution is 7.14. The first-order chi connectivity index (χ1) is 10.1. The number of benzene rings is 2. The highest BCUT2D eigenvalue weighted by Gasteiger charge is 2.10. The molecule has 2 aromatic carbocycles. The largest absolute Gasteiger partial charge is 0.298 e. The number of anilines is 1. The number of thiazole rings is 1. The topological polar surface area (TPSA) is 42.0 Å². The van der Waals surface area contributed by atoms with Crippen LogP contribution in [0.2, 0.25) is 0 Å². The van der Waals surface area contributed by atoms with E-state index in [4.69, 9.17) is 0 Å². The Morgan fingerprint density at radius 1 is 1.14 bits per heavy atom. The van der Waals surface area contributed by atoms with E-state index in [1.807, 2.05) is 47.8 Å². The monoisotopic (exact) mass is 296 g/mol. The standard InChI is InChI=1S/C17H16N2OS/c1-11(2)15-10-21-17(18-15)19-16(20)14-8-7-12-5-3-4-6-13(12)9-14/h3-11H,1-2H3,(H,18,19,20). The average molecular weight is 296 g/mol. The van der Waals surface area contributed by atoms with Gasteiger partial charge in [-0.2, -0.15) is 0 Å². The summed E-state index contributed by atoms with van der Waals surface area (Å²) in [4.78, 5) is 16.7. The Morgan fingerprint density at radius 2 is 1.90 bits per heavy atom. The van der Waals surface area contributed by atoms with Crippen molar-refractivity contribution < 1.29 is 4.79 Å². The molecule has 1 amide bonds. The summed E-state index contributed by atoms with van der Waals surface area (Å²) in [7, 11) is 0. The minimum Gasteiger partial charge on any atom is -0.298 e. The quantitative estimate of drug-likeness (QED) is 0.763. The number of carbonyl (C=O) groups excluding carboxylic acids is 1. The van der Waals surface area contributed by atoms with Crippen molar-refractivity contribution >= 4 is 33.1 Å². The Hall–Kier alpha value is -2.20. The predicted molar refractivity (Wildman–Crippen MR) is 88.1 cm³/mol. The molecule has 0 spiro atoms. The maximum absolute atomic E-state index is 12.3. The molecule has 0 unspecified atom stereocenters. The van der Waals surface area contributed by atoms with E-state index < -0.39 is 0 Å². The first kappa shape index (κ1) is 13.8. The van der Waals surface area contributed by atoms with Crippen LogP contribution in [0.15, 0.2) is 47.8 Å². The maximum atomic E-state index is 12.3. The number of fused-ring (bicyclic) bond motifs is 1. The van der Waals surface area contributed by atoms with E-state index in [-0.39, 0.29) is 5.91 Å². The molecule has 3 rings (SSSR count). The van der Waals surface area contributed by atoms with Crippen molar-refractivity contribution in [1.29, 1.82) is 0 Å². The fraction of sp³-hybridized carbons (Fsp3) is 0.176. The number of nitrogens with one attached hydrogen (secondary N) is 1. The van der Waals surface area contributed by atoms with Crippen LogP contribution in [-0.4, -0.2) is 10.9 Å². The van der Waals surface area contributed by atoms with E-state index in [1.54, 1.807) is 0 Å². The van der Waals surface area contributed by atoms with Crippen LogP contribution in [-0.2, 0) is 0 Å². The predicted octanol–water partition coefficient (Wildman–Crippen LogP) is 4.67. The molecule has 1 aromatic heterocycles. The van der Waals surface area contributed by atoms with Crippen LogP contribution in [0.4, 0.5) is 5.13 Å². The molecule has 0 saturated heterocycles. The van der Waals surface area contributed by atoms with Gasteiger partial charge in [-0.05, 0) is 28.8 Å². The summed E-state index contributed by atoms with van der Waals surface area (Å²) in [5.41, 5.74) is 1.66. The SMILES string of the molecule is CC(C)c1csc(NC(=O)c2ccc3ccccc3c2)n1. The van der Waals surface area contributed by atoms with Crippen LogP contribution in [0, 0.1) is 0 Å². The second kappa shape index (κ2) is 5.66. The van der Waals surface area contributed by atoms with E-state index in [0.29, 0.717) is 16.6 Å². The summed E-state index contributed by atoms with van der Waals surface area (Å²) in [5.74, 6) is 0.248. The van der Waals surface area contributed by atoms with Crippen LogP contribution in [0.5, 0.6) is 0 Å². The van der Waals surface area contributed by atoms with Crippen LogP contribution in [0.3, 0.4) is 0 Å². The van der Waals surface area contributed by atoms with Gasteiger partial charge in [0.2, 0.25) is 0 Å². The smallest absolute Gasteiger partial charge is 0.257 e. The normalized spacial score (nSPS) is 11.0. The van der Waals surface area contributed by atoms with Crippen molar-refractivity contribution in [1.82, 2.24) is 4.98 Å². The number of nitrogens with zero attached hydrogens (tertiary/aromatic N) is 1. The Labute approximate surface area is 127 Å². The number of hydrogen-bond donors (Lipinski definition) is 1. The molecular formula is C17H16N2OS. The first-order valence-electron chi connectivity index (χ1n) is 6.89. The van der Waals surface area contributed by atoms with Crippen molar-refractivity contribution in [3.05, 3.63) is 59.1 Å². The van der Waals surface area contributed by atoms with Crippen LogP contribution in [0.1, 0.15) is 35.8 Å². The van der Waals surface area contributed by atoms with Gasteiger partial charge in [-0.3, -0.25) is 10.1 Å². The summed E-state index contributed by atoms with van der Waals surface area (Å²) in [5, 5.41) is 7.70. The number of hydrogen-bond acceptors (Lipinski definition) is 3. The molecule has 0 saturated carbocycles. The van der Waals surface area contributed by atoms with Gasteiger partial charge in [0.15, 0.2) is 5.13 Å². The summed E-state index contributed by atoms with van der Waals surface area (Å²) in [6, 6.07) is 13.7. The van der Waals surface area contributed by atoms with Gasteiger partial charge in [0.1, 0.15) is 0 Å². The molecule has 0 atom stereocenters. The fourth-order valence-electron chi connectivity index (χ4n) is 2.11. The van der Waals surface area contributed by atoms with Gasteiger partial charge in [0.05, 0.1) is 5.69 Å². The molecule has 0 aliphatic heterocycles. The lowest BCUT2D eigenvalue weighted by molar-refractivity contribution is 0.102. The highest BCUT2D eigenvalue weighted by Crippen LogP contribution is 2.22. The van der Waals surface area contributed by atoms with Gasteiger partial charge in [-0.1, -0.05) is 44.2 Å². The summed E-state index contributed by atoms with van der Waals surface area (Å²) >= 11 is 1.46. The molecule has 106 valence electrons. The number of rotatable bonds is 3. The van der Waals surface area contributed by atoms with Gasteiger partial charge in [-0.15, -0.1) is 11.3 Å². The Bertz CT molecular complexity index is 792. The Kier molecular flexibility index (Phi) is 3.71. The molecule has 0 bridgehead atoms. The van der Waals surface area contributed by atoms with Crippen molar-refractivity contribution in [2.75, 3.05) is 5.32 Å². The number of aromatic nitrogens is 1. The second-order valence-corrected chi connectivity index (χ2v) is 6.11. The molecule has 0 aliphatic carbocycles. The van der Waals surface area contributed by atoms with Crippen molar-refractivity contribution in [3.63, 3.8) is 0 Å². The van der Waals surface area contributed by atoms with E-state index in [1.165, 1.54) is 11.3 Å². The van der Waals surface area contributed by atoms with E-state index >= 15 is 0 Å². The number of amides is 1. The lowest BCUT2D eigenvalue weighted by Crippen LogP contribution is -2.11. The molecule has 1 N–H and O–H groups in total. The molecule has 1 heterocycles. The number of carbonyl (C=O) groups is 1. The van der Waals surface area contributed by atoms with Gasteiger partial charge in [0.25, 0.3) is 5.91 Å². The van der Waals surface area contributed by atoms with Gasteiger partial charge >= 0.3 is 0 Å². The van der Waals surface area contributed by atoms with E-state index in [9.17, 15) is 4.79 Å². The van der Waals surface area contributed by atoms with E-state index in [2.05, 4.69) is 24.1 Å². The summed E-state index contributed by atoms with van der Waals surface area (Å²) in [6.45, 7) is 4.17. The molecule has 3 aromatic rings. The summed E-state index contributed by atoms with van der Waals surface area (Å²) in [6.07, 6.45) is 0. The Balaban J connectivity index is 1.82. The third kappa shape index (κ3) is 2.95. The molecule has 0 radical (unpaired) electrons. The lowest BCUT2D eigenvalue weighted by Gasteiger charge is -2.04. The zero-order chi connectivity index (χ0) is 14.8. The lowest BCUT2D eigenvalue weighted by atomic mass is 10.1. The zero-order valence-corrected chi connectivity index (χ0v) is 12.8. The maximum Gasteiger partial charge on any atom is 0.257 e. The second-order valence-electron chi connectivity index (χ2n) is 5.25. The van der Waals surface area contributed by atoms with Crippen molar-refractivity contribution in [2.45, 2.75) is 19.8 Å². The van der Waals surface area contributed by atoms with Crippen LogP contribution in [0.25, 0.3) is 10.8 Å². The third-order valence-electron chi connectivity index (χ3n) is 3.35. The Morgan fingerprint density at radius 3 is 2.62 bits per heavy atom. The highest BCUT2D eigenvalue weighted by atomic mass is 32.1. The van der Waals surface area contributed by atoms with Crippen LogP contribution >= 0.6 is 11.3 Å². The fourth-order valence-corrected chi connectivity index (χ4v) is 2.98. The van der Waals surface area contributed by atoms with Gasteiger partial charge < -0.3 is 0 Å². The van der Waals surface area contributed by atoms with Crippen molar-refractivity contribution in [3.8, 4) is 0 Å². The van der Waals surface area contributed by atoms with E-state index in [0.717, 1.165) is 16.5 Å². The molecule has 0 fully saturated rings. The summed E-state index contributed by atoms with van der Waals surface area (Å²) < 4.78 is 0. The minimum atomic E-state index is -0.120. The van der Waals surface area contributed by atoms with Gasteiger partial charge in [-0.25, -0.2) is 4.98 Å². The molecule has 4 heteroatoms. The average Bonchev–Trinajstić information content (AvgIpc) is 2.95. The molecular weight excluding hydrogens is 280 g/mol. The van der Waals surface area contributed by atoms with Crippen LogP contribution < -0.4 is 5.32 Å². The first-order valence-corrected chi connectivity index (χ1v) is 7.77. The van der Waals surface area contributed by atoms with Gasteiger partial charge in [0, 0.05) is 10.9 Å². The molecule has 3 nitrogen and oxygen atoms in total. The molecule has 0 aliphatic rings. The molecule has 21 heavy (non-hydrogen) atoms. The third-order valence-corrected chi connectivity index (χ3v) is 4.12. The zero-order valence-electron chi connectivity index (χ0n) is 12.0.